The highest BCUT2D eigenvalue weighted by Gasteiger charge is 2.18. The molecule has 0 radical (unpaired) electrons. The topological polar surface area (TPSA) is 46.4 Å². The number of nitrogens with zero attached hydrogens (tertiary/aromatic N) is 2. The average Bonchev–Trinajstić information content (AvgIpc) is 2.28. The van der Waals surface area contributed by atoms with Crippen molar-refractivity contribution in [3.8, 4) is 0 Å². The number of benzene rings is 1. The lowest BCUT2D eigenvalue weighted by molar-refractivity contribution is -0.387. The van der Waals surface area contributed by atoms with Crippen LogP contribution in [0.3, 0.4) is 0 Å². The third-order valence-electron chi connectivity index (χ3n) is 3.36. The highest BCUT2D eigenvalue weighted by atomic mass is 19.1. The number of rotatable bonds is 3. The smallest absolute Gasteiger partial charge is 0.299 e. The maximum absolute atomic E-state index is 13.5. The molecule has 1 unspecified atom stereocenters. The van der Waals surface area contributed by atoms with Gasteiger partial charge in [0.2, 0.25) is 5.82 Å². The number of piperidine rings is 1. The lowest BCUT2D eigenvalue weighted by Gasteiger charge is -2.30. The van der Waals surface area contributed by atoms with E-state index in [2.05, 4.69) is 11.8 Å². The Balaban J connectivity index is 2.05. The molecule has 1 fully saturated rings. The predicted octanol–water partition coefficient (Wildman–Crippen LogP) is 2.97. The maximum Gasteiger partial charge on any atom is 0.304 e. The zero-order valence-corrected chi connectivity index (χ0v) is 10.4. The Labute approximate surface area is 106 Å². The van der Waals surface area contributed by atoms with E-state index in [9.17, 15) is 14.5 Å². The van der Waals surface area contributed by atoms with Gasteiger partial charge in [0.05, 0.1) is 4.92 Å². The van der Waals surface area contributed by atoms with Gasteiger partial charge in [0.25, 0.3) is 0 Å². The molecule has 1 heterocycles. The zero-order chi connectivity index (χ0) is 13.1. The van der Waals surface area contributed by atoms with Gasteiger partial charge in [0, 0.05) is 19.2 Å². The van der Waals surface area contributed by atoms with Gasteiger partial charge in [-0.15, -0.1) is 0 Å². The van der Waals surface area contributed by atoms with Crippen LogP contribution in [0, 0.1) is 21.8 Å². The van der Waals surface area contributed by atoms with Crippen LogP contribution in [0.15, 0.2) is 18.2 Å². The van der Waals surface area contributed by atoms with E-state index in [1.54, 1.807) is 6.07 Å². The van der Waals surface area contributed by atoms with Gasteiger partial charge in [-0.05, 0) is 36.9 Å². The third-order valence-corrected chi connectivity index (χ3v) is 3.36. The monoisotopic (exact) mass is 252 g/mol. The molecule has 1 saturated heterocycles. The van der Waals surface area contributed by atoms with Crippen molar-refractivity contribution in [2.45, 2.75) is 26.3 Å². The minimum atomic E-state index is -0.748. The Morgan fingerprint density at radius 1 is 1.56 bits per heavy atom. The van der Waals surface area contributed by atoms with Crippen molar-refractivity contribution in [1.82, 2.24) is 4.90 Å². The number of halogens is 1. The molecule has 0 amide bonds. The van der Waals surface area contributed by atoms with Crippen LogP contribution in [0.2, 0.25) is 0 Å². The summed E-state index contributed by atoms with van der Waals surface area (Å²) in [6.07, 6.45) is 2.40. The van der Waals surface area contributed by atoms with Gasteiger partial charge < -0.3 is 0 Å². The fraction of sp³-hybridized carbons (Fsp3) is 0.538. The number of hydrogen-bond donors (Lipinski definition) is 0. The van der Waals surface area contributed by atoms with Crippen LogP contribution in [0.25, 0.3) is 0 Å². The van der Waals surface area contributed by atoms with Gasteiger partial charge in [-0.25, -0.2) is 0 Å². The van der Waals surface area contributed by atoms with Crippen LogP contribution in [-0.2, 0) is 6.54 Å². The Kier molecular flexibility index (Phi) is 3.91. The Bertz CT molecular complexity index is 451. The minimum Gasteiger partial charge on any atom is -0.299 e. The molecule has 1 aliphatic heterocycles. The largest absolute Gasteiger partial charge is 0.304 e. The molecule has 1 aromatic carbocycles. The number of hydrogen-bond acceptors (Lipinski definition) is 3. The van der Waals surface area contributed by atoms with E-state index in [4.69, 9.17) is 0 Å². The second-order valence-electron chi connectivity index (χ2n) is 5.03. The molecule has 4 nitrogen and oxygen atoms in total. The quantitative estimate of drug-likeness (QED) is 0.613. The summed E-state index contributed by atoms with van der Waals surface area (Å²) in [7, 11) is 0. The molecule has 0 saturated carbocycles. The Morgan fingerprint density at radius 3 is 2.94 bits per heavy atom. The normalized spacial score (nSPS) is 20.9. The van der Waals surface area contributed by atoms with Gasteiger partial charge in [0.1, 0.15) is 0 Å². The molecule has 0 aromatic heterocycles. The molecule has 18 heavy (non-hydrogen) atoms. The summed E-state index contributed by atoms with van der Waals surface area (Å²) in [5.74, 6) is -0.0794. The van der Waals surface area contributed by atoms with Crippen molar-refractivity contribution >= 4 is 5.69 Å². The molecule has 5 heteroatoms. The average molecular weight is 252 g/mol. The van der Waals surface area contributed by atoms with Crippen molar-refractivity contribution in [3.05, 3.63) is 39.7 Å². The molecule has 0 N–H and O–H groups in total. The van der Waals surface area contributed by atoms with Crippen LogP contribution in [0.4, 0.5) is 10.1 Å². The van der Waals surface area contributed by atoms with E-state index in [0.717, 1.165) is 25.1 Å². The van der Waals surface area contributed by atoms with Gasteiger partial charge in [0.15, 0.2) is 0 Å². The number of nitro benzene ring substituents is 1. The summed E-state index contributed by atoms with van der Waals surface area (Å²) >= 11 is 0. The van der Waals surface area contributed by atoms with Gasteiger partial charge in [-0.1, -0.05) is 13.0 Å². The first-order valence-corrected chi connectivity index (χ1v) is 6.21. The standard InChI is InChI=1S/C13H17FN2O2/c1-10-3-2-6-15(8-10)9-11-4-5-13(16(17)18)12(14)7-11/h4-5,7,10H,2-3,6,8-9H2,1H3. The van der Waals surface area contributed by atoms with Crippen molar-refractivity contribution in [2.75, 3.05) is 13.1 Å². The fourth-order valence-electron chi connectivity index (χ4n) is 2.49. The van der Waals surface area contributed by atoms with Crippen molar-refractivity contribution in [1.29, 1.82) is 0 Å². The summed E-state index contributed by atoms with van der Waals surface area (Å²) < 4.78 is 13.5. The van der Waals surface area contributed by atoms with Crippen LogP contribution >= 0.6 is 0 Å². The number of likely N-dealkylation sites (tertiary alicyclic amines) is 1. The second kappa shape index (κ2) is 5.44. The second-order valence-corrected chi connectivity index (χ2v) is 5.03. The van der Waals surface area contributed by atoms with Crippen LogP contribution in [-0.4, -0.2) is 22.9 Å². The van der Waals surface area contributed by atoms with Crippen LogP contribution < -0.4 is 0 Å². The molecule has 0 spiro atoms. The van der Waals surface area contributed by atoms with Crippen molar-refractivity contribution in [2.24, 2.45) is 5.92 Å². The lowest BCUT2D eigenvalue weighted by Crippen LogP contribution is -2.33. The highest BCUT2D eigenvalue weighted by molar-refractivity contribution is 5.34. The highest BCUT2D eigenvalue weighted by Crippen LogP contribution is 2.21. The van der Waals surface area contributed by atoms with E-state index in [-0.39, 0.29) is 0 Å². The molecule has 0 aliphatic carbocycles. The molecule has 1 atom stereocenters. The first-order chi connectivity index (χ1) is 8.56. The van der Waals surface area contributed by atoms with E-state index in [0.29, 0.717) is 12.5 Å². The van der Waals surface area contributed by atoms with Crippen LogP contribution in [0.5, 0.6) is 0 Å². The maximum atomic E-state index is 13.5. The zero-order valence-electron chi connectivity index (χ0n) is 10.4. The SMILES string of the molecule is CC1CCCN(Cc2ccc([N+](=O)[O-])c(F)c2)C1. The minimum absolute atomic E-state index is 0.453. The first kappa shape index (κ1) is 13.0. The lowest BCUT2D eigenvalue weighted by atomic mass is 10.00. The summed E-state index contributed by atoms with van der Waals surface area (Å²) in [5.41, 5.74) is 0.345. The molecular weight excluding hydrogens is 235 g/mol. The first-order valence-electron chi connectivity index (χ1n) is 6.21. The molecule has 98 valence electrons. The summed E-state index contributed by atoms with van der Waals surface area (Å²) in [5, 5.41) is 10.5. The molecule has 0 bridgehead atoms. The fourth-order valence-corrected chi connectivity index (χ4v) is 2.49. The number of nitro groups is 1. The van der Waals surface area contributed by atoms with Crippen molar-refractivity contribution < 1.29 is 9.31 Å². The van der Waals surface area contributed by atoms with E-state index < -0.39 is 16.4 Å². The summed E-state index contributed by atoms with van der Waals surface area (Å²) in [6.45, 7) is 4.91. The molecular formula is C13H17FN2O2. The summed E-state index contributed by atoms with van der Waals surface area (Å²) in [6, 6.07) is 4.16. The Morgan fingerprint density at radius 2 is 2.33 bits per heavy atom. The summed E-state index contributed by atoms with van der Waals surface area (Å²) in [4.78, 5) is 12.1. The van der Waals surface area contributed by atoms with Crippen molar-refractivity contribution in [3.63, 3.8) is 0 Å². The van der Waals surface area contributed by atoms with E-state index >= 15 is 0 Å². The van der Waals surface area contributed by atoms with Gasteiger partial charge in [-0.3, -0.25) is 15.0 Å². The van der Waals surface area contributed by atoms with E-state index in [1.807, 2.05) is 0 Å². The molecule has 1 aromatic rings. The van der Waals surface area contributed by atoms with Gasteiger partial charge >= 0.3 is 5.69 Å². The Hall–Kier alpha value is -1.49. The predicted molar refractivity (Wildman–Crippen MR) is 66.7 cm³/mol. The molecule has 2 rings (SSSR count). The van der Waals surface area contributed by atoms with Gasteiger partial charge in [-0.2, -0.15) is 4.39 Å². The third kappa shape index (κ3) is 3.04. The molecule has 1 aliphatic rings. The van der Waals surface area contributed by atoms with E-state index in [1.165, 1.54) is 18.6 Å². The van der Waals surface area contributed by atoms with Crippen LogP contribution in [0.1, 0.15) is 25.3 Å².